The molecule has 3 nitrogen and oxygen atoms in total. The van der Waals surface area contributed by atoms with E-state index in [2.05, 4.69) is 182 Å². The van der Waals surface area contributed by atoms with E-state index in [1.54, 1.807) is 0 Å². The lowest BCUT2D eigenvalue weighted by molar-refractivity contribution is 1.29. The molecule has 0 amide bonds. The van der Waals surface area contributed by atoms with Crippen LogP contribution in [0.4, 0.5) is 0 Å². The Morgan fingerprint density at radius 3 is 2.00 bits per heavy atom. The van der Waals surface area contributed by atoms with Crippen LogP contribution in [0, 0.1) is 0 Å². The fourth-order valence-electron chi connectivity index (χ4n) is 8.99. The Morgan fingerprint density at radius 2 is 1.19 bits per heavy atom. The summed E-state index contributed by atoms with van der Waals surface area (Å²) in [6, 6.07) is 55.1. The van der Waals surface area contributed by atoms with Crippen LogP contribution in [-0.4, -0.2) is 14.4 Å². The minimum Gasteiger partial charge on any atom is -0.292 e. The number of benzene rings is 8. The number of fused-ring (bicyclic) bond motifs is 15. The van der Waals surface area contributed by atoms with Gasteiger partial charge in [-0.2, -0.15) is 0 Å². The molecule has 3 aromatic heterocycles. The molecule has 0 radical (unpaired) electrons. The highest BCUT2D eigenvalue weighted by Crippen LogP contribution is 2.38. The van der Waals surface area contributed by atoms with Gasteiger partial charge >= 0.3 is 0 Å². The standard InChI is InChI=1S/C51H35N3/c1-3-14-39-35(4-2)41(30-42-38-20-7-6-18-36(38)37-19-8-9-21-40(37)49(39)42)33-17-13-16-31(27-33)32-25-26-47-43(28-32)50-44(29-34-15-5-10-22-45(34)52-50)51-53-46-23-11-12-24-48(46)54(47)51/h4-30H,3H2,1-2H3/b35-4+,39-14+. The van der Waals surface area contributed by atoms with E-state index in [-0.39, 0.29) is 0 Å². The second kappa shape index (κ2) is 11.8. The van der Waals surface area contributed by atoms with Gasteiger partial charge in [-0.05, 0) is 127 Å². The second-order valence-electron chi connectivity index (χ2n) is 14.3. The maximum atomic E-state index is 5.29. The zero-order chi connectivity index (χ0) is 35.9. The Bertz CT molecular complexity index is 3500. The number of imidazole rings is 1. The lowest BCUT2D eigenvalue weighted by Gasteiger charge is -2.15. The number of rotatable bonds is 3. The Labute approximate surface area is 311 Å². The molecule has 0 saturated heterocycles. The molecule has 3 heteroatoms. The largest absolute Gasteiger partial charge is 0.292 e. The third-order valence-corrected chi connectivity index (χ3v) is 11.3. The first-order chi connectivity index (χ1) is 26.7. The number of para-hydroxylation sites is 3. The maximum absolute atomic E-state index is 5.29. The van der Waals surface area contributed by atoms with Gasteiger partial charge in [-0.25, -0.2) is 9.97 Å². The van der Waals surface area contributed by atoms with Gasteiger partial charge in [0.1, 0.15) is 5.65 Å². The van der Waals surface area contributed by atoms with Gasteiger partial charge in [0, 0.05) is 16.2 Å². The summed E-state index contributed by atoms with van der Waals surface area (Å²) in [6.45, 7) is 4.42. The third kappa shape index (κ3) is 4.42. The Morgan fingerprint density at radius 1 is 0.500 bits per heavy atom. The molecule has 0 bridgehead atoms. The molecule has 0 fully saturated rings. The Kier molecular flexibility index (Phi) is 6.74. The average molecular weight is 690 g/mol. The van der Waals surface area contributed by atoms with Gasteiger partial charge < -0.3 is 0 Å². The Hall–Kier alpha value is -6.84. The van der Waals surface area contributed by atoms with Crippen molar-refractivity contribution >= 4 is 93.9 Å². The first-order valence-corrected chi connectivity index (χ1v) is 18.9. The van der Waals surface area contributed by atoms with Crippen LogP contribution in [-0.2, 0) is 0 Å². The molecular formula is C51H35N3. The molecular weight excluding hydrogens is 655 g/mol. The number of aromatic nitrogens is 3. The average Bonchev–Trinajstić information content (AvgIpc) is 3.63. The third-order valence-electron chi connectivity index (χ3n) is 11.3. The van der Waals surface area contributed by atoms with E-state index in [0.29, 0.717) is 0 Å². The molecule has 0 aliphatic carbocycles. The van der Waals surface area contributed by atoms with Crippen molar-refractivity contribution in [3.05, 3.63) is 162 Å². The predicted molar refractivity (Wildman–Crippen MR) is 231 cm³/mol. The zero-order valence-corrected chi connectivity index (χ0v) is 30.1. The zero-order valence-electron chi connectivity index (χ0n) is 30.1. The lowest BCUT2D eigenvalue weighted by atomic mass is 9.88. The summed E-state index contributed by atoms with van der Waals surface area (Å²) >= 11 is 0. The fourth-order valence-corrected chi connectivity index (χ4v) is 8.99. The van der Waals surface area contributed by atoms with Crippen molar-refractivity contribution in [1.82, 2.24) is 14.4 Å². The number of hydrogen-bond donors (Lipinski definition) is 0. The summed E-state index contributed by atoms with van der Waals surface area (Å²) in [5, 5.41) is 13.7. The molecule has 54 heavy (non-hydrogen) atoms. The van der Waals surface area contributed by atoms with E-state index in [0.717, 1.165) is 61.4 Å². The molecule has 8 aromatic carbocycles. The first-order valence-electron chi connectivity index (χ1n) is 18.9. The highest BCUT2D eigenvalue weighted by Gasteiger charge is 2.17. The SMILES string of the molecule is C/C=c1/c(-c2cccc(-c3ccc4c(c3)c3nc5ccccc5cc3c3nc5ccccc5n43)c2)cc2c3ccccc3c3ccccc3c2/c1=C/CC. The molecule has 0 unspecified atom stereocenters. The van der Waals surface area contributed by atoms with Crippen LogP contribution >= 0.6 is 0 Å². The number of nitrogens with zero attached hydrogens (tertiary/aromatic N) is 3. The summed E-state index contributed by atoms with van der Waals surface area (Å²) in [7, 11) is 0. The van der Waals surface area contributed by atoms with Gasteiger partial charge in [0.25, 0.3) is 0 Å². The second-order valence-corrected chi connectivity index (χ2v) is 14.3. The minimum atomic E-state index is 0.936. The van der Waals surface area contributed by atoms with Crippen LogP contribution in [0.1, 0.15) is 20.3 Å². The van der Waals surface area contributed by atoms with Crippen molar-refractivity contribution in [2.75, 3.05) is 0 Å². The van der Waals surface area contributed by atoms with Crippen molar-refractivity contribution < 1.29 is 0 Å². The fraction of sp³-hybridized carbons (Fsp3) is 0.0588. The van der Waals surface area contributed by atoms with Gasteiger partial charge in [-0.15, -0.1) is 0 Å². The number of pyridine rings is 2. The van der Waals surface area contributed by atoms with E-state index < -0.39 is 0 Å². The smallest absolute Gasteiger partial charge is 0.147 e. The van der Waals surface area contributed by atoms with Crippen LogP contribution in [0.5, 0.6) is 0 Å². The van der Waals surface area contributed by atoms with Crippen molar-refractivity contribution in [3.8, 4) is 22.3 Å². The molecule has 3 heterocycles. The van der Waals surface area contributed by atoms with Gasteiger partial charge in [-0.3, -0.25) is 4.40 Å². The molecule has 11 aromatic rings. The summed E-state index contributed by atoms with van der Waals surface area (Å²) in [5.41, 5.74) is 10.9. The van der Waals surface area contributed by atoms with E-state index in [1.165, 1.54) is 59.4 Å². The molecule has 11 rings (SSSR count). The monoisotopic (exact) mass is 689 g/mol. The van der Waals surface area contributed by atoms with Crippen molar-refractivity contribution in [1.29, 1.82) is 0 Å². The van der Waals surface area contributed by atoms with Crippen LogP contribution in [0.2, 0.25) is 0 Å². The normalized spacial score (nSPS) is 12.9. The van der Waals surface area contributed by atoms with Crippen molar-refractivity contribution in [3.63, 3.8) is 0 Å². The van der Waals surface area contributed by atoms with Gasteiger partial charge in [0.15, 0.2) is 0 Å². The molecule has 254 valence electrons. The molecule has 0 N–H and O–H groups in total. The minimum absolute atomic E-state index is 0.936. The van der Waals surface area contributed by atoms with E-state index in [1.807, 2.05) is 0 Å². The van der Waals surface area contributed by atoms with Crippen molar-refractivity contribution in [2.24, 2.45) is 0 Å². The summed E-state index contributed by atoms with van der Waals surface area (Å²) in [4.78, 5) is 10.4. The summed E-state index contributed by atoms with van der Waals surface area (Å²) < 4.78 is 2.31. The summed E-state index contributed by atoms with van der Waals surface area (Å²) in [6.07, 6.45) is 5.66. The van der Waals surface area contributed by atoms with E-state index >= 15 is 0 Å². The molecule has 0 aliphatic heterocycles. The Balaban J connectivity index is 1.19. The molecule has 0 spiro atoms. The van der Waals surface area contributed by atoms with Crippen LogP contribution in [0.3, 0.4) is 0 Å². The van der Waals surface area contributed by atoms with Crippen LogP contribution in [0.25, 0.3) is 116 Å². The maximum Gasteiger partial charge on any atom is 0.147 e. The van der Waals surface area contributed by atoms with E-state index in [9.17, 15) is 0 Å². The molecule has 0 saturated carbocycles. The highest BCUT2D eigenvalue weighted by molar-refractivity contribution is 6.26. The summed E-state index contributed by atoms with van der Waals surface area (Å²) in [5.74, 6) is 0. The van der Waals surface area contributed by atoms with Gasteiger partial charge in [-0.1, -0.05) is 122 Å². The molecule has 0 atom stereocenters. The highest BCUT2D eigenvalue weighted by atomic mass is 15.0. The first kappa shape index (κ1) is 30.8. The topological polar surface area (TPSA) is 30.2 Å². The predicted octanol–water partition coefficient (Wildman–Crippen LogP) is 12.1. The van der Waals surface area contributed by atoms with Gasteiger partial charge in [0.2, 0.25) is 0 Å². The quantitative estimate of drug-likeness (QED) is 0.137. The van der Waals surface area contributed by atoms with Crippen LogP contribution < -0.4 is 10.4 Å². The van der Waals surface area contributed by atoms with Gasteiger partial charge in [0.05, 0.1) is 27.6 Å². The number of hydrogen-bond acceptors (Lipinski definition) is 2. The van der Waals surface area contributed by atoms with Crippen molar-refractivity contribution in [2.45, 2.75) is 20.3 Å². The van der Waals surface area contributed by atoms with E-state index in [4.69, 9.17) is 9.97 Å². The van der Waals surface area contributed by atoms with Crippen LogP contribution in [0.15, 0.2) is 152 Å². The lowest BCUT2D eigenvalue weighted by Crippen LogP contribution is -2.28. The molecule has 0 aliphatic rings.